The van der Waals surface area contributed by atoms with Crippen LogP contribution in [-0.4, -0.2) is 23.5 Å². The standard InChI is InChI=1S/C15H29NO3/c1-5-7-8-12(6-2)11-13(17)16-10-9-15(3,4)14(18)19/h12H,5-11H2,1-4H3,(H,16,17)(H,18,19). The van der Waals surface area contributed by atoms with Gasteiger partial charge in [0, 0.05) is 13.0 Å². The molecule has 0 aromatic carbocycles. The molecule has 0 bridgehead atoms. The summed E-state index contributed by atoms with van der Waals surface area (Å²) in [5.41, 5.74) is -0.778. The summed E-state index contributed by atoms with van der Waals surface area (Å²) < 4.78 is 0. The number of carboxylic acids is 1. The molecule has 2 N–H and O–H groups in total. The SMILES string of the molecule is CCCCC(CC)CC(=O)NCCC(C)(C)C(=O)O. The van der Waals surface area contributed by atoms with Crippen molar-refractivity contribution >= 4 is 11.9 Å². The summed E-state index contributed by atoms with van der Waals surface area (Å²) in [6.07, 6.45) is 5.46. The molecular formula is C15H29NO3. The minimum atomic E-state index is -0.823. The van der Waals surface area contributed by atoms with E-state index in [-0.39, 0.29) is 5.91 Å². The van der Waals surface area contributed by atoms with E-state index < -0.39 is 11.4 Å². The average Bonchev–Trinajstić information content (AvgIpc) is 2.33. The number of hydrogen-bond donors (Lipinski definition) is 2. The highest BCUT2D eigenvalue weighted by molar-refractivity contribution is 5.76. The number of amides is 1. The molecule has 0 aliphatic rings. The Bertz CT molecular complexity index is 287. The van der Waals surface area contributed by atoms with Gasteiger partial charge < -0.3 is 10.4 Å². The predicted octanol–water partition coefficient (Wildman–Crippen LogP) is 3.21. The normalized spacial score (nSPS) is 13.1. The Hall–Kier alpha value is -1.06. The van der Waals surface area contributed by atoms with Crippen LogP contribution in [0.5, 0.6) is 0 Å². The smallest absolute Gasteiger partial charge is 0.309 e. The van der Waals surface area contributed by atoms with Crippen molar-refractivity contribution in [3.63, 3.8) is 0 Å². The first-order valence-corrected chi connectivity index (χ1v) is 7.33. The molecule has 0 saturated carbocycles. The second-order valence-electron chi connectivity index (χ2n) is 5.91. The third-order valence-corrected chi connectivity index (χ3v) is 3.67. The third-order valence-electron chi connectivity index (χ3n) is 3.67. The maximum absolute atomic E-state index is 11.8. The first-order valence-electron chi connectivity index (χ1n) is 7.33. The van der Waals surface area contributed by atoms with E-state index >= 15 is 0 Å². The Morgan fingerprint density at radius 3 is 2.37 bits per heavy atom. The van der Waals surface area contributed by atoms with Crippen molar-refractivity contribution in [3.8, 4) is 0 Å². The fourth-order valence-electron chi connectivity index (χ4n) is 1.90. The van der Waals surface area contributed by atoms with Gasteiger partial charge in [-0.2, -0.15) is 0 Å². The lowest BCUT2D eigenvalue weighted by atomic mass is 9.89. The van der Waals surface area contributed by atoms with E-state index in [4.69, 9.17) is 5.11 Å². The number of rotatable bonds is 10. The molecule has 4 heteroatoms. The first kappa shape index (κ1) is 17.9. The largest absolute Gasteiger partial charge is 0.481 e. The molecule has 0 fully saturated rings. The monoisotopic (exact) mass is 271 g/mol. The lowest BCUT2D eigenvalue weighted by Gasteiger charge is -2.19. The minimum Gasteiger partial charge on any atom is -0.481 e. The quantitative estimate of drug-likeness (QED) is 0.641. The summed E-state index contributed by atoms with van der Waals surface area (Å²) >= 11 is 0. The Balaban J connectivity index is 3.95. The van der Waals surface area contributed by atoms with E-state index in [2.05, 4.69) is 19.2 Å². The Morgan fingerprint density at radius 2 is 1.89 bits per heavy atom. The number of carbonyl (C=O) groups is 2. The molecule has 1 atom stereocenters. The van der Waals surface area contributed by atoms with Crippen molar-refractivity contribution in [2.24, 2.45) is 11.3 Å². The molecule has 0 aliphatic carbocycles. The highest BCUT2D eigenvalue weighted by Gasteiger charge is 2.26. The molecule has 0 aromatic rings. The van der Waals surface area contributed by atoms with Gasteiger partial charge in [-0.25, -0.2) is 0 Å². The van der Waals surface area contributed by atoms with Crippen LogP contribution in [0.3, 0.4) is 0 Å². The lowest BCUT2D eigenvalue weighted by molar-refractivity contribution is -0.147. The second kappa shape index (κ2) is 8.94. The zero-order valence-electron chi connectivity index (χ0n) is 12.8. The molecule has 4 nitrogen and oxygen atoms in total. The van der Waals surface area contributed by atoms with E-state index in [0.29, 0.717) is 25.3 Å². The van der Waals surface area contributed by atoms with Gasteiger partial charge >= 0.3 is 5.97 Å². The molecule has 0 rings (SSSR count). The van der Waals surface area contributed by atoms with Gasteiger partial charge in [0.05, 0.1) is 5.41 Å². The predicted molar refractivity (Wildman–Crippen MR) is 77.0 cm³/mol. The number of aliphatic carboxylic acids is 1. The fraction of sp³-hybridized carbons (Fsp3) is 0.867. The maximum atomic E-state index is 11.8. The van der Waals surface area contributed by atoms with Crippen LogP contribution < -0.4 is 5.32 Å². The molecule has 0 radical (unpaired) electrons. The Kier molecular flexibility index (Phi) is 8.44. The Morgan fingerprint density at radius 1 is 1.26 bits per heavy atom. The van der Waals surface area contributed by atoms with Crippen molar-refractivity contribution in [2.75, 3.05) is 6.54 Å². The summed E-state index contributed by atoms with van der Waals surface area (Å²) in [5, 5.41) is 11.8. The number of nitrogens with one attached hydrogen (secondary N) is 1. The average molecular weight is 271 g/mol. The Labute approximate surface area is 117 Å². The molecular weight excluding hydrogens is 242 g/mol. The van der Waals surface area contributed by atoms with E-state index in [1.165, 1.54) is 0 Å². The van der Waals surface area contributed by atoms with Gasteiger partial charge in [-0.05, 0) is 32.6 Å². The van der Waals surface area contributed by atoms with Crippen LogP contribution in [0.25, 0.3) is 0 Å². The minimum absolute atomic E-state index is 0.0455. The molecule has 0 heterocycles. The van der Waals surface area contributed by atoms with E-state index in [0.717, 1.165) is 25.7 Å². The third kappa shape index (κ3) is 7.85. The van der Waals surface area contributed by atoms with Crippen LogP contribution in [0.15, 0.2) is 0 Å². The zero-order valence-corrected chi connectivity index (χ0v) is 12.8. The van der Waals surface area contributed by atoms with E-state index in [9.17, 15) is 9.59 Å². The molecule has 1 unspecified atom stereocenters. The molecule has 0 spiro atoms. The topological polar surface area (TPSA) is 66.4 Å². The van der Waals surface area contributed by atoms with Crippen LogP contribution in [0.1, 0.15) is 66.2 Å². The van der Waals surface area contributed by atoms with Crippen LogP contribution in [0, 0.1) is 11.3 Å². The van der Waals surface area contributed by atoms with Gasteiger partial charge in [-0.1, -0.05) is 33.1 Å². The van der Waals surface area contributed by atoms with Crippen molar-refractivity contribution < 1.29 is 14.7 Å². The molecule has 0 aromatic heterocycles. The molecule has 19 heavy (non-hydrogen) atoms. The van der Waals surface area contributed by atoms with Crippen LogP contribution in [0.4, 0.5) is 0 Å². The number of carboxylic acid groups (broad SMARTS) is 1. The van der Waals surface area contributed by atoms with Crippen LogP contribution in [-0.2, 0) is 9.59 Å². The molecule has 0 aliphatic heterocycles. The van der Waals surface area contributed by atoms with Crippen molar-refractivity contribution in [3.05, 3.63) is 0 Å². The number of carbonyl (C=O) groups excluding carboxylic acids is 1. The van der Waals surface area contributed by atoms with Crippen molar-refractivity contribution in [1.29, 1.82) is 0 Å². The summed E-state index contributed by atoms with van der Waals surface area (Å²) in [4.78, 5) is 22.7. The van der Waals surface area contributed by atoms with E-state index in [1.807, 2.05) is 0 Å². The van der Waals surface area contributed by atoms with Gasteiger partial charge in [0.25, 0.3) is 0 Å². The number of hydrogen-bond acceptors (Lipinski definition) is 2. The van der Waals surface area contributed by atoms with Crippen molar-refractivity contribution in [1.82, 2.24) is 5.32 Å². The highest BCUT2D eigenvalue weighted by atomic mass is 16.4. The van der Waals surface area contributed by atoms with E-state index in [1.54, 1.807) is 13.8 Å². The fourth-order valence-corrected chi connectivity index (χ4v) is 1.90. The van der Waals surface area contributed by atoms with Crippen LogP contribution in [0.2, 0.25) is 0 Å². The number of unbranched alkanes of at least 4 members (excludes halogenated alkanes) is 1. The van der Waals surface area contributed by atoms with Crippen molar-refractivity contribution in [2.45, 2.75) is 66.2 Å². The van der Waals surface area contributed by atoms with Gasteiger partial charge in [-0.15, -0.1) is 0 Å². The maximum Gasteiger partial charge on any atom is 0.309 e. The first-order chi connectivity index (χ1) is 8.83. The van der Waals surface area contributed by atoms with Gasteiger partial charge in [-0.3, -0.25) is 9.59 Å². The summed E-state index contributed by atoms with van der Waals surface area (Å²) in [6, 6.07) is 0. The van der Waals surface area contributed by atoms with Crippen LogP contribution >= 0.6 is 0 Å². The van der Waals surface area contributed by atoms with Gasteiger partial charge in [0.2, 0.25) is 5.91 Å². The summed E-state index contributed by atoms with van der Waals surface area (Å²) in [6.45, 7) is 8.05. The van der Waals surface area contributed by atoms with Gasteiger partial charge in [0.1, 0.15) is 0 Å². The molecule has 1 amide bonds. The summed E-state index contributed by atoms with van der Waals surface area (Å²) in [7, 11) is 0. The zero-order chi connectivity index (χ0) is 14.9. The summed E-state index contributed by atoms with van der Waals surface area (Å²) in [5.74, 6) is -0.326. The highest BCUT2D eigenvalue weighted by Crippen LogP contribution is 2.20. The lowest BCUT2D eigenvalue weighted by Crippen LogP contribution is -2.32. The second-order valence-corrected chi connectivity index (χ2v) is 5.91. The van der Waals surface area contributed by atoms with Gasteiger partial charge in [0.15, 0.2) is 0 Å². The molecule has 0 saturated heterocycles. The molecule has 112 valence electrons.